The van der Waals surface area contributed by atoms with Crippen LogP contribution in [0.1, 0.15) is 50.2 Å². The van der Waals surface area contributed by atoms with Crippen LogP contribution < -0.4 is 0 Å². The van der Waals surface area contributed by atoms with Gasteiger partial charge in [-0.25, -0.2) is 4.98 Å². The van der Waals surface area contributed by atoms with Gasteiger partial charge in [0.25, 0.3) is 0 Å². The first-order valence-corrected chi connectivity index (χ1v) is 5.90. The Labute approximate surface area is 96.0 Å². The molecule has 0 aliphatic rings. The van der Waals surface area contributed by atoms with E-state index in [2.05, 4.69) is 38.7 Å². The summed E-state index contributed by atoms with van der Waals surface area (Å²) in [4.78, 5) is 5.84. The van der Waals surface area contributed by atoms with Crippen molar-refractivity contribution in [2.24, 2.45) is 0 Å². The minimum atomic E-state index is -0.473. The lowest BCUT2D eigenvalue weighted by Gasteiger charge is -2.16. The van der Waals surface area contributed by atoms with Crippen molar-refractivity contribution in [3.63, 3.8) is 0 Å². The Bertz CT molecular complexity index is 402. The fourth-order valence-corrected chi connectivity index (χ4v) is 2.58. The van der Waals surface area contributed by atoms with Crippen molar-refractivity contribution < 1.29 is 0 Å². The van der Waals surface area contributed by atoms with Gasteiger partial charge in [0.1, 0.15) is 10.4 Å². The Morgan fingerprint density at radius 3 is 2.07 bits per heavy atom. The molecule has 0 unspecified atom stereocenters. The molecule has 1 aromatic rings. The SMILES string of the molecule is Cc1sc(C(C)(C)C#N)nc1C(C)(C)C. The van der Waals surface area contributed by atoms with Crippen LogP contribution in [0.2, 0.25) is 0 Å². The fraction of sp³-hybridized carbons (Fsp3) is 0.667. The number of nitriles is 1. The molecule has 0 aromatic carbocycles. The molecule has 0 spiro atoms. The predicted molar refractivity (Wildman–Crippen MR) is 64.2 cm³/mol. The molecule has 0 saturated heterocycles. The minimum absolute atomic E-state index is 0.0599. The molecule has 0 bridgehead atoms. The summed E-state index contributed by atoms with van der Waals surface area (Å²) in [6.07, 6.45) is 0. The number of hydrogen-bond donors (Lipinski definition) is 0. The molecule has 1 heterocycles. The van der Waals surface area contributed by atoms with Crippen LogP contribution in [-0.2, 0) is 10.8 Å². The number of thiazole rings is 1. The first kappa shape index (κ1) is 12.2. The number of aryl methyl sites for hydroxylation is 1. The standard InChI is InChI=1S/C12H18N2S/c1-8-9(11(2,3)4)14-10(15-8)12(5,6)7-13/h1-6H3. The van der Waals surface area contributed by atoms with E-state index in [0.29, 0.717) is 0 Å². The quantitative estimate of drug-likeness (QED) is 0.728. The lowest BCUT2D eigenvalue weighted by molar-refractivity contribution is 0.560. The first-order chi connectivity index (χ1) is 6.68. The van der Waals surface area contributed by atoms with Gasteiger partial charge in [0.15, 0.2) is 0 Å². The highest BCUT2D eigenvalue weighted by Crippen LogP contribution is 2.34. The molecule has 2 nitrogen and oxygen atoms in total. The zero-order chi connectivity index (χ0) is 11.9. The van der Waals surface area contributed by atoms with Gasteiger partial charge in [-0.05, 0) is 20.8 Å². The molecule has 0 fully saturated rings. The van der Waals surface area contributed by atoms with E-state index in [0.717, 1.165) is 10.7 Å². The smallest absolute Gasteiger partial charge is 0.113 e. The van der Waals surface area contributed by atoms with E-state index in [1.807, 2.05) is 13.8 Å². The van der Waals surface area contributed by atoms with E-state index in [9.17, 15) is 0 Å². The van der Waals surface area contributed by atoms with Crippen molar-refractivity contribution in [2.75, 3.05) is 0 Å². The number of aromatic nitrogens is 1. The topological polar surface area (TPSA) is 36.7 Å². The van der Waals surface area contributed by atoms with Crippen molar-refractivity contribution in [3.8, 4) is 6.07 Å². The maximum absolute atomic E-state index is 9.07. The van der Waals surface area contributed by atoms with Gasteiger partial charge in [-0.15, -0.1) is 11.3 Å². The van der Waals surface area contributed by atoms with Crippen molar-refractivity contribution in [1.82, 2.24) is 4.98 Å². The van der Waals surface area contributed by atoms with Crippen molar-refractivity contribution in [3.05, 3.63) is 15.6 Å². The van der Waals surface area contributed by atoms with E-state index >= 15 is 0 Å². The molecule has 1 rings (SSSR count). The molecule has 3 heteroatoms. The Kier molecular flexibility index (Phi) is 2.93. The molecular formula is C12H18N2S. The van der Waals surface area contributed by atoms with E-state index in [1.165, 1.54) is 4.88 Å². The van der Waals surface area contributed by atoms with Crippen molar-refractivity contribution >= 4 is 11.3 Å². The third kappa shape index (κ3) is 2.38. The lowest BCUT2D eigenvalue weighted by Crippen LogP contribution is -2.16. The summed E-state index contributed by atoms with van der Waals surface area (Å²) in [5.41, 5.74) is 0.703. The van der Waals surface area contributed by atoms with Crippen LogP contribution in [0.3, 0.4) is 0 Å². The Morgan fingerprint density at radius 1 is 1.20 bits per heavy atom. The van der Waals surface area contributed by atoms with Crippen LogP contribution in [0.15, 0.2) is 0 Å². The largest absolute Gasteiger partial charge is 0.244 e. The molecule has 0 N–H and O–H groups in total. The molecule has 0 saturated carbocycles. The van der Waals surface area contributed by atoms with Gasteiger partial charge in [-0.3, -0.25) is 0 Å². The van der Waals surface area contributed by atoms with Gasteiger partial charge in [0, 0.05) is 10.3 Å². The average molecular weight is 222 g/mol. The fourth-order valence-electron chi connectivity index (χ4n) is 1.41. The summed E-state index contributed by atoms with van der Waals surface area (Å²) in [5.74, 6) is 0. The van der Waals surface area contributed by atoms with E-state index in [4.69, 9.17) is 5.26 Å². The second-order valence-electron chi connectivity index (χ2n) is 5.41. The van der Waals surface area contributed by atoms with Gasteiger partial charge in [0.05, 0.1) is 11.8 Å². The van der Waals surface area contributed by atoms with Crippen LogP contribution in [0.5, 0.6) is 0 Å². The lowest BCUT2D eigenvalue weighted by atomic mass is 9.91. The number of nitrogens with zero attached hydrogens (tertiary/aromatic N) is 2. The van der Waals surface area contributed by atoms with E-state index in [-0.39, 0.29) is 5.41 Å². The summed E-state index contributed by atoms with van der Waals surface area (Å²) < 4.78 is 0. The second kappa shape index (κ2) is 3.61. The Morgan fingerprint density at radius 2 is 1.73 bits per heavy atom. The highest BCUT2D eigenvalue weighted by Gasteiger charge is 2.28. The summed E-state index contributed by atoms with van der Waals surface area (Å²) in [6, 6.07) is 2.30. The minimum Gasteiger partial charge on any atom is -0.244 e. The molecule has 0 aliphatic heterocycles. The average Bonchev–Trinajstić information content (AvgIpc) is 2.47. The molecule has 0 radical (unpaired) electrons. The van der Waals surface area contributed by atoms with Crippen LogP contribution in [-0.4, -0.2) is 4.98 Å². The molecule has 82 valence electrons. The third-order valence-corrected chi connectivity index (χ3v) is 3.62. The van der Waals surface area contributed by atoms with Crippen molar-refractivity contribution in [1.29, 1.82) is 5.26 Å². The molecule has 15 heavy (non-hydrogen) atoms. The van der Waals surface area contributed by atoms with Crippen LogP contribution in [0.4, 0.5) is 0 Å². The molecular weight excluding hydrogens is 204 g/mol. The van der Waals surface area contributed by atoms with Gasteiger partial charge < -0.3 is 0 Å². The van der Waals surface area contributed by atoms with Gasteiger partial charge in [-0.2, -0.15) is 5.26 Å². The third-order valence-electron chi connectivity index (χ3n) is 2.32. The van der Waals surface area contributed by atoms with Crippen LogP contribution in [0.25, 0.3) is 0 Å². The van der Waals surface area contributed by atoms with E-state index in [1.54, 1.807) is 11.3 Å². The van der Waals surface area contributed by atoms with Gasteiger partial charge in [0.2, 0.25) is 0 Å². The first-order valence-electron chi connectivity index (χ1n) is 5.08. The van der Waals surface area contributed by atoms with Crippen molar-refractivity contribution in [2.45, 2.75) is 52.4 Å². The Hall–Kier alpha value is -0.880. The molecule has 1 aromatic heterocycles. The maximum atomic E-state index is 9.07. The highest BCUT2D eigenvalue weighted by atomic mass is 32.1. The van der Waals surface area contributed by atoms with Gasteiger partial charge in [-0.1, -0.05) is 20.8 Å². The molecule has 0 atom stereocenters. The monoisotopic (exact) mass is 222 g/mol. The second-order valence-corrected chi connectivity index (χ2v) is 6.61. The normalized spacial score (nSPS) is 12.6. The highest BCUT2D eigenvalue weighted by molar-refractivity contribution is 7.11. The van der Waals surface area contributed by atoms with Crippen LogP contribution >= 0.6 is 11.3 Å². The van der Waals surface area contributed by atoms with Gasteiger partial charge >= 0.3 is 0 Å². The van der Waals surface area contributed by atoms with Crippen LogP contribution in [0, 0.1) is 18.3 Å². The summed E-state index contributed by atoms with van der Waals surface area (Å²) in [6.45, 7) is 12.4. The molecule has 0 aliphatic carbocycles. The summed E-state index contributed by atoms with van der Waals surface area (Å²) >= 11 is 1.64. The number of hydrogen-bond acceptors (Lipinski definition) is 3. The summed E-state index contributed by atoms with van der Waals surface area (Å²) in [5, 5.41) is 9.99. The zero-order valence-corrected chi connectivity index (χ0v) is 11.1. The summed E-state index contributed by atoms with van der Waals surface area (Å²) in [7, 11) is 0. The predicted octanol–water partition coefficient (Wildman–Crippen LogP) is 3.55. The Balaban J connectivity index is 3.25. The zero-order valence-electron chi connectivity index (χ0n) is 10.3. The molecule has 0 amide bonds. The van der Waals surface area contributed by atoms with E-state index < -0.39 is 5.41 Å². The number of rotatable bonds is 1. The maximum Gasteiger partial charge on any atom is 0.113 e.